The molecule has 0 aromatic heterocycles. The van der Waals surface area contributed by atoms with Crippen molar-refractivity contribution in [2.75, 3.05) is 14.1 Å². The molecule has 0 aliphatic carbocycles. The molecular formula is C10H14N2O4. The predicted octanol–water partition coefficient (Wildman–Crippen LogP) is 0.423. The molecule has 0 bridgehead atoms. The largest absolute Gasteiger partial charge is 0.478 e. The van der Waals surface area contributed by atoms with Gasteiger partial charge in [0.1, 0.15) is 0 Å². The summed E-state index contributed by atoms with van der Waals surface area (Å²) in [6.45, 7) is 0. The van der Waals surface area contributed by atoms with Crippen molar-refractivity contribution in [1.82, 2.24) is 10.9 Å². The van der Waals surface area contributed by atoms with E-state index in [9.17, 15) is 9.59 Å². The number of hydrogen-bond acceptors (Lipinski definition) is 4. The van der Waals surface area contributed by atoms with Crippen LogP contribution in [0.25, 0.3) is 0 Å². The Morgan fingerprint density at radius 3 is 1.25 bits per heavy atom. The molecule has 0 amide bonds. The van der Waals surface area contributed by atoms with Crippen molar-refractivity contribution in [1.29, 1.82) is 0 Å². The van der Waals surface area contributed by atoms with Crippen molar-refractivity contribution in [3.05, 3.63) is 35.4 Å². The summed E-state index contributed by atoms with van der Waals surface area (Å²) < 4.78 is 0. The number of hydrazine groups is 1. The number of rotatable bonds is 3. The third-order valence-corrected chi connectivity index (χ3v) is 1.63. The van der Waals surface area contributed by atoms with Crippen LogP contribution in [-0.4, -0.2) is 36.2 Å². The number of benzene rings is 1. The number of carbonyl (C=O) groups is 2. The maximum absolute atomic E-state index is 10.3. The number of carboxylic acid groups (broad SMARTS) is 2. The molecule has 0 aliphatic rings. The van der Waals surface area contributed by atoms with Crippen LogP contribution in [0.3, 0.4) is 0 Å². The van der Waals surface area contributed by atoms with Crippen LogP contribution < -0.4 is 10.9 Å². The summed E-state index contributed by atoms with van der Waals surface area (Å²) in [4.78, 5) is 20.7. The molecule has 6 nitrogen and oxygen atoms in total. The highest BCUT2D eigenvalue weighted by Gasteiger charge is 2.04. The van der Waals surface area contributed by atoms with Crippen molar-refractivity contribution in [2.24, 2.45) is 0 Å². The molecule has 4 N–H and O–H groups in total. The topological polar surface area (TPSA) is 98.7 Å². The summed E-state index contributed by atoms with van der Waals surface area (Å²) >= 11 is 0. The zero-order valence-corrected chi connectivity index (χ0v) is 9.02. The lowest BCUT2D eigenvalue weighted by atomic mass is 10.1. The van der Waals surface area contributed by atoms with Crippen LogP contribution in [0.15, 0.2) is 24.3 Å². The third kappa shape index (κ3) is 5.08. The van der Waals surface area contributed by atoms with Gasteiger partial charge in [-0.3, -0.25) is 10.9 Å². The Kier molecular flexibility index (Phi) is 6.50. The fraction of sp³-hybridized carbons (Fsp3) is 0.200. The quantitative estimate of drug-likeness (QED) is 0.558. The fourth-order valence-corrected chi connectivity index (χ4v) is 0.755. The summed E-state index contributed by atoms with van der Waals surface area (Å²) in [5.74, 6) is -2.13. The minimum atomic E-state index is -1.06. The van der Waals surface area contributed by atoms with Crippen LogP contribution in [-0.2, 0) is 0 Å². The second kappa shape index (κ2) is 7.38. The van der Waals surface area contributed by atoms with Crippen LogP contribution >= 0.6 is 0 Å². The van der Waals surface area contributed by atoms with Crippen LogP contribution in [0.5, 0.6) is 0 Å². The second-order valence-electron chi connectivity index (χ2n) is 2.69. The van der Waals surface area contributed by atoms with Crippen molar-refractivity contribution >= 4 is 11.9 Å². The van der Waals surface area contributed by atoms with Gasteiger partial charge in [-0.05, 0) is 38.4 Å². The summed E-state index contributed by atoms with van der Waals surface area (Å²) in [6, 6.07) is 5.02. The Hall–Kier alpha value is -1.92. The molecule has 0 fully saturated rings. The number of hydrogen-bond donors (Lipinski definition) is 4. The van der Waals surface area contributed by atoms with E-state index in [1.807, 2.05) is 14.1 Å². The zero-order valence-electron chi connectivity index (χ0n) is 9.02. The van der Waals surface area contributed by atoms with Gasteiger partial charge in [0.15, 0.2) is 0 Å². The first-order chi connectivity index (χ1) is 7.52. The molecule has 0 aliphatic heterocycles. The first-order valence-corrected chi connectivity index (χ1v) is 4.43. The van der Waals surface area contributed by atoms with E-state index in [0.717, 1.165) is 0 Å². The second-order valence-corrected chi connectivity index (χ2v) is 2.69. The van der Waals surface area contributed by atoms with Gasteiger partial charge in [-0.25, -0.2) is 9.59 Å². The van der Waals surface area contributed by atoms with Gasteiger partial charge in [-0.15, -0.1) is 0 Å². The highest BCUT2D eigenvalue weighted by molar-refractivity contribution is 5.91. The lowest BCUT2D eigenvalue weighted by Gasteiger charge is -1.94. The Morgan fingerprint density at radius 2 is 1.12 bits per heavy atom. The SMILES string of the molecule is CNNC.O=C(O)c1ccc(C(=O)O)cc1. The number of aromatic carboxylic acids is 2. The van der Waals surface area contributed by atoms with E-state index in [2.05, 4.69) is 10.9 Å². The molecule has 1 aromatic rings. The van der Waals surface area contributed by atoms with Gasteiger partial charge >= 0.3 is 11.9 Å². The Labute approximate surface area is 92.9 Å². The molecule has 0 spiro atoms. The van der Waals surface area contributed by atoms with Crippen molar-refractivity contribution in [3.63, 3.8) is 0 Å². The maximum Gasteiger partial charge on any atom is 0.335 e. The summed E-state index contributed by atoms with van der Waals surface area (Å²) in [5.41, 5.74) is 5.53. The highest BCUT2D eigenvalue weighted by Crippen LogP contribution is 2.03. The molecule has 0 unspecified atom stereocenters. The van der Waals surface area contributed by atoms with Gasteiger partial charge in [-0.2, -0.15) is 0 Å². The van der Waals surface area contributed by atoms with E-state index < -0.39 is 11.9 Å². The van der Waals surface area contributed by atoms with Crippen molar-refractivity contribution in [2.45, 2.75) is 0 Å². The fourth-order valence-electron chi connectivity index (χ4n) is 0.755. The Balaban J connectivity index is 0.000000487. The van der Waals surface area contributed by atoms with E-state index in [-0.39, 0.29) is 11.1 Å². The average molecular weight is 226 g/mol. The maximum atomic E-state index is 10.3. The molecule has 1 aromatic carbocycles. The van der Waals surface area contributed by atoms with E-state index in [0.29, 0.717) is 0 Å². The molecule has 88 valence electrons. The molecule has 1 rings (SSSR count). The van der Waals surface area contributed by atoms with Crippen LogP contribution in [0, 0.1) is 0 Å². The Bertz CT molecular complexity index is 313. The Morgan fingerprint density at radius 1 is 0.875 bits per heavy atom. The third-order valence-electron chi connectivity index (χ3n) is 1.63. The lowest BCUT2D eigenvalue weighted by molar-refractivity contribution is 0.0681. The smallest absolute Gasteiger partial charge is 0.335 e. The van der Waals surface area contributed by atoms with Crippen LogP contribution in [0.2, 0.25) is 0 Å². The van der Waals surface area contributed by atoms with Gasteiger partial charge < -0.3 is 10.2 Å². The monoisotopic (exact) mass is 226 g/mol. The summed E-state index contributed by atoms with van der Waals surface area (Å²) in [7, 11) is 3.64. The molecule has 0 heterocycles. The van der Waals surface area contributed by atoms with Crippen molar-refractivity contribution in [3.8, 4) is 0 Å². The number of nitrogens with one attached hydrogen (secondary N) is 2. The number of carboxylic acids is 2. The minimum Gasteiger partial charge on any atom is -0.478 e. The molecule has 0 saturated heterocycles. The molecular weight excluding hydrogens is 212 g/mol. The van der Waals surface area contributed by atoms with Gasteiger partial charge in [0.25, 0.3) is 0 Å². The van der Waals surface area contributed by atoms with Gasteiger partial charge in [0.05, 0.1) is 11.1 Å². The molecule has 0 radical (unpaired) electrons. The van der Waals surface area contributed by atoms with Crippen LogP contribution in [0.4, 0.5) is 0 Å². The van der Waals surface area contributed by atoms with Crippen molar-refractivity contribution < 1.29 is 19.8 Å². The highest BCUT2D eigenvalue weighted by atomic mass is 16.4. The van der Waals surface area contributed by atoms with E-state index in [4.69, 9.17) is 10.2 Å². The molecule has 16 heavy (non-hydrogen) atoms. The first kappa shape index (κ1) is 14.1. The predicted molar refractivity (Wildman–Crippen MR) is 58.5 cm³/mol. The molecule has 0 atom stereocenters. The van der Waals surface area contributed by atoms with E-state index in [1.54, 1.807) is 0 Å². The average Bonchev–Trinajstić information content (AvgIpc) is 2.29. The van der Waals surface area contributed by atoms with Gasteiger partial charge in [0, 0.05) is 0 Å². The van der Waals surface area contributed by atoms with E-state index >= 15 is 0 Å². The van der Waals surface area contributed by atoms with E-state index in [1.165, 1.54) is 24.3 Å². The first-order valence-electron chi connectivity index (χ1n) is 4.43. The molecule has 6 heteroatoms. The van der Waals surface area contributed by atoms with Gasteiger partial charge in [0.2, 0.25) is 0 Å². The summed E-state index contributed by atoms with van der Waals surface area (Å²) in [5, 5.41) is 16.9. The minimum absolute atomic E-state index is 0.0833. The normalized spacial score (nSPS) is 8.88. The van der Waals surface area contributed by atoms with Crippen LogP contribution in [0.1, 0.15) is 20.7 Å². The lowest BCUT2D eigenvalue weighted by Crippen LogP contribution is -2.21. The molecule has 0 saturated carbocycles. The summed E-state index contributed by atoms with van der Waals surface area (Å²) in [6.07, 6.45) is 0. The zero-order chi connectivity index (χ0) is 12.6. The van der Waals surface area contributed by atoms with Gasteiger partial charge in [-0.1, -0.05) is 0 Å². The standard InChI is InChI=1S/C8H6O4.C2H8N2/c9-7(10)5-1-2-6(4-3-5)8(11)12;1-3-4-2/h1-4H,(H,9,10)(H,11,12);3-4H,1-2H3.